The van der Waals surface area contributed by atoms with Gasteiger partial charge < -0.3 is 19.9 Å². The van der Waals surface area contributed by atoms with E-state index in [9.17, 15) is 4.79 Å². The third-order valence-corrected chi connectivity index (χ3v) is 4.34. The van der Waals surface area contributed by atoms with Gasteiger partial charge in [-0.1, -0.05) is 12.1 Å². The molecule has 6 heteroatoms. The van der Waals surface area contributed by atoms with E-state index in [1.165, 1.54) is 0 Å². The minimum atomic E-state index is 0.191. The molecule has 2 aromatic rings. The van der Waals surface area contributed by atoms with Crippen LogP contribution in [0.2, 0.25) is 0 Å². The van der Waals surface area contributed by atoms with Crippen molar-refractivity contribution in [2.45, 2.75) is 6.42 Å². The Balaban J connectivity index is 1.42. The summed E-state index contributed by atoms with van der Waals surface area (Å²) in [7, 11) is 1.65. The summed E-state index contributed by atoms with van der Waals surface area (Å²) in [6, 6.07) is 13.6. The Labute approximate surface area is 148 Å². The van der Waals surface area contributed by atoms with Gasteiger partial charge in [0, 0.05) is 57.1 Å². The van der Waals surface area contributed by atoms with E-state index in [0.29, 0.717) is 13.0 Å². The molecule has 6 nitrogen and oxygen atoms in total. The molecule has 25 heavy (non-hydrogen) atoms. The maximum atomic E-state index is 12.4. The van der Waals surface area contributed by atoms with Crippen molar-refractivity contribution in [2.75, 3.05) is 50.1 Å². The van der Waals surface area contributed by atoms with Crippen LogP contribution in [0.1, 0.15) is 6.42 Å². The lowest BCUT2D eigenvalue weighted by molar-refractivity contribution is -0.131. The minimum absolute atomic E-state index is 0.191. The average Bonchev–Trinajstić information content (AvgIpc) is 2.69. The zero-order valence-electron chi connectivity index (χ0n) is 14.5. The third kappa shape index (κ3) is 4.62. The molecule has 132 valence electrons. The van der Waals surface area contributed by atoms with E-state index in [1.807, 2.05) is 47.4 Å². The fourth-order valence-electron chi connectivity index (χ4n) is 2.93. The molecule has 1 fully saturated rings. The van der Waals surface area contributed by atoms with E-state index < -0.39 is 0 Å². The number of aromatic nitrogens is 1. The first kappa shape index (κ1) is 17.1. The predicted octanol–water partition coefficient (Wildman–Crippen LogP) is 2.24. The van der Waals surface area contributed by atoms with E-state index in [1.54, 1.807) is 13.3 Å². The summed E-state index contributed by atoms with van der Waals surface area (Å²) in [5, 5.41) is 3.28. The first-order valence-electron chi connectivity index (χ1n) is 8.58. The van der Waals surface area contributed by atoms with E-state index in [-0.39, 0.29) is 5.91 Å². The number of carbonyl (C=O) groups excluding carboxylic acids is 1. The molecule has 0 unspecified atom stereocenters. The second-order valence-corrected chi connectivity index (χ2v) is 5.96. The average molecular weight is 340 g/mol. The molecule has 0 bridgehead atoms. The van der Waals surface area contributed by atoms with Crippen molar-refractivity contribution in [1.29, 1.82) is 0 Å². The number of benzene rings is 1. The van der Waals surface area contributed by atoms with Crippen LogP contribution in [0.15, 0.2) is 48.7 Å². The summed E-state index contributed by atoms with van der Waals surface area (Å²) in [4.78, 5) is 20.9. The van der Waals surface area contributed by atoms with Gasteiger partial charge in [0.25, 0.3) is 0 Å². The zero-order valence-corrected chi connectivity index (χ0v) is 14.5. The number of piperazine rings is 1. The van der Waals surface area contributed by atoms with Crippen LogP contribution in [-0.2, 0) is 4.79 Å². The van der Waals surface area contributed by atoms with Gasteiger partial charge in [-0.05, 0) is 24.3 Å². The number of hydrogen-bond acceptors (Lipinski definition) is 5. The van der Waals surface area contributed by atoms with E-state index in [0.717, 1.165) is 43.4 Å². The number of methoxy groups -OCH3 is 1. The zero-order chi connectivity index (χ0) is 17.5. The molecule has 1 aromatic heterocycles. The van der Waals surface area contributed by atoms with Gasteiger partial charge in [-0.15, -0.1) is 0 Å². The molecule has 0 spiro atoms. The molecule has 0 aliphatic carbocycles. The number of nitrogens with zero attached hydrogens (tertiary/aromatic N) is 3. The summed E-state index contributed by atoms with van der Waals surface area (Å²) >= 11 is 0. The number of pyridine rings is 1. The number of anilines is 2. The molecule has 1 amide bonds. The summed E-state index contributed by atoms with van der Waals surface area (Å²) in [6.07, 6.45) is 2.29. The highest BCUT2D eigenvalue weighted by Crippen LogP contribution is 2.17. The predicted molar refractivity (Wildman–Crippen MR) is 99.1 cm³/mol. The van der Waals surface area contributed by atoms with Gasteiger partial charge in [-0.2, -0.15) is 0 Å². The Kier molecular flexibility index (Phi) is 5.72. The van der Waals surface area contributed by atoms with Crippen LogP contribution < -0.4 is 15.0 Å². The maximum absolute atomic E-state index is 12.4. The quantitative estimate of drug-likeness (QED) is 0.874. The molecule has 1 saturated heterocycles. The van der Waals surface area contributed by atoms with Gasteiger partial charge in [0.1, 0.15) is 11.6 Å². The molecule has 2 heterocycles. The summed E-state index contributed by atoms with van der Waals surface area (Å²) in [6.45, 7) is 3.76. The molecular weight excluding hydrogens is 316 g/mol. The SMILES string of the molecule is COc1cccc(NCCC(=O)N2CCN(c3ccccn3)CC2)c1. The number of nitrogens with one attached hydrogen (secondary N) is 1. The van der Waals surface area contributed by atoms with Crippen LogP contribution >= 0.6 is 0 Å². The monoisotopic (exact) mass is 340 g/mol. The largest absolute Gasteiger partial charge is 0.497 e. The highest BCUT2D eigenvalue weighted by molar-refractivity contribution is 5.77. The maximum Gasteiger partial charge on any atom is 0.224 e. The molecule has 3 rings (SSSR count). The van der Waals surface area contributed by atoms with E-state index >= 15 is 0 Å². The second kappa shape index (κ2) is 8.37. The molecule has 1 aromatic carbocycles. The Bertz CT molecular complexity index is 685. The molecule has 1 N–H and O–H groups in total. The lowest BCUT2D eigenvalue weighted by Gasteiger charge is -2.35. The van der Waals surface area contributed by atoms with Gasteiger partial charge in [-0.25, -0.2) is 4.98 Å². The Hall–Kier alpha value is -2.76. The lowest BCUT2D eigenvalue weighted by Crippen LogP contribution is -2.49. The fraction of sp³-hybridized carbons (Fsp3) is 0.368. The van der Waals surface area contributed by atoms with Crippen LogP contribution in [0.4, 0.5) is 11.5 Å². The highest BCUT2D eigenvalue weighted by atomic mass is 16.5. The van der Waals surface area contributed by atoms with Gasteiger partial charge in [-0.3, -0.25) is 4.79 Å². The number of amides is 1. The van der Waals surface area contributed by atoms with Crippen LogP contribution in [0.25, 0.3) is 0 Å². The summed E-state index contributed by atoms with van der Waals surface area (Å²) < 4.78 is 5.20. The molecular formula is C19H24N4O2. The van der Waals surface area contributed by atoms with Crippen LogP contribution in [0.3, 0.4) is 0 Å². The van der Waals surface area contributed by atoms with Gasteiger partial charge >= 0.3 is 0 Å². The fourth-order valence-corrected chi connectivity index (χ4v) is 2.93. The number of carbonyl (C=O) groups is 1. The minimum Gasteiger partial charge on any atom is -0.497 e. The van der Waals surface area contributed by atoms with Gasteiger partial charge in [0.2, 0.25) is 5.91 Å². The number of rotatable bonds is 6. The van der Waals surface area contributed by atoms with E-state index in [4.69, 9.17) is 4.74 Å². The Morgan fingerprint density at radius 1 is 1.16 bits per heavy atom. The van der Waals surface area contributed by atoms with Crippen LogP contribution in [0, 0.1) is 0 Å². The van der Waals surface area contributed by atoms with Gasteiger partial charge in [0.15, 0.2) is 0 Å². The van der Waals surface area contributed by atoms with Gasteiger partial charge in [0.05, 0.1) is 7.11 Å². The van der Waals surface area contributed by atoms with E-state index in [2.05, 4.69) is 15.2 Å². The Morgan fingerprint density at radius 3 is 2.72 bits per heavy atom. The summed E-state index contributed by atoms with van der Waals surface area (Å²) in [5.41, 5.74) is 0.965. The number of hydrogen-bond donors (Lipinski definition) is 1. The van der Waals surface area contributed by atoms with Crippen molar-refractivity contribution in [3.05, 3.63) is 48.7 Å². The third-order valence-electron chi connectivity index (χ3n) is 4.34. The summed E-state index contributed by atoms with van der Waals surface area (Å²) in [5.74, 6) is 1.98. The number of ether oxygens (including phenoxy) is 1. The molecule has 1 aliphatic rings. The van der Waals surface area contributed by atoms with Crippen molar-refractivity contribution in [3.63, 3.8) is 0 Å². The molecule has 0 radical (unpaired) electrons. The molecule has 0 saturated carbocycles. The normalized spacial score (nSPS) is 14.3. The van der Waals surface area contributed by atoms with Crippen molar-refractivity contribution in [1.82, 2.24) is 9.88 Å². The van der Waals surface area contributed by atoms with Crippen LogP contribution in [0.5, 0.6) is 5.75 Å². The second-order valence-electron chi connectivity index (χ2n) is 5.96. The Morgan fingerprint density at radius 2 is 2.00 bits per heavy atom. The van der Waals surface area contributed by atoms with Crippen molar-refractivity contribution >= 4 is 17.4 Å². The topological polar surface area (TPSA) is 57.7 Å². The lowest BCUT2D eigenvalue weighted by atomic mass is 10.2. The van der Waals surface area contributed by atoms with Crippen LogP contribution in [-0.4, -0.2) is 55.6 Å². The molecule has 0 atom stereocenters. The standard InChI is InChI=1S/C19H24N4O2/c1-25-17-6-4-5-16(15-17)20-10-8-19(24)23-13-11-22(12-14-23)18-7-2-3-9-21-18/h2-7,9,15,20H,8,10-14H2,1H3. The smallest absolute Gasteiger partial charge is 0.224 e. The molecule has 1 aliphatic heterocycles. The van der Waals surface area contributed by atoms with Crippen molar-refractivity contribution in [3.8, 4) is 5.75 Å². The first-order valence-corrected chi connectivity index (χ1v) is 8.58. The van der Waals surface area contributed by atoms with Crippen molar-refractivity contribution in [2.24, 2.45) is 0 Å². The van der Waals surface area contributed by atoms with Crippen molar-refractivity contribution < 1.29 is 9.53 Å². The first-order chi connectivity index (χ1) is 12.3. The highest BCUT2D eigenvalue weighted by Gasteiger charge is 2.21.